The molecular formula is C28H52N2O2. The van der Waals surface area contributed by atoms with Crippen LogP contribution in [-0.2, 0) is 11.2 Å². The molecule has 1 heterocycles. The molecule has 3 atom stereocenters. The highest BCUT2D eigenvalue weighted by atomic mass is 16.5. The van der Waals surface area contributed by atoms with E-state index >= 15 is 0 Å². The predicted octanol–water partition coefficient (Wildman–Crippen LogP) is 5.45. The largest absolute Gasteiger partial charge is 0.400 e. The second-order valence-corrected chi connectivity index (χ2v) is 9.07. The highest BCUT2D eigenvalue weighted by Gasteiger charge is 2.40. The molecule has 0 aromatic heterocycles. The van der Waals surface area contributed by atoms with Gasteiger partial charge in [0.05, 0.1) is 0 Å². The van der Waals surface area contributed by atoms with E-state index in [1.54, 1.807) is 5.56 Å². The summed E-state index contributed by atoms with van der Waals surface area (Å²) in [5, 5.41) is 7.00. The normalized spacial score (nSPS) is 22.6. The summed E-state index contributed by atoms with van der Waals surface area (Å²) in [6.07, 6.45) is 7.81. The average molecular weight is 449 g/mol. The molecule has 4 heteroatoms. The molecule has 186 valence electrons. The first-order valence-corrected chi connectivity index (χ1v) is 13.2. The van der Waals surface area contributed by atoms with Gasteiger partial charge in [-0.05, 0) is 81.5 Å². The van der Waals surface area contributed by atoms with Crippen LogP contribution in [0.25, 0.3) is 0 Å². The maximum Gasteiger partial charge on any atom is 0.0478 e. The fourth-order valence-corrected chi connectivity index (χ4v) is 5.44. The van der Waals surface area contributed by atoms with E-state index in [2.05, 4.69) is 55.0 Å². The van der Waals surface area contributed by atoms with Crippen molar-refractivity contribution in [3.63, 3.8) is 0 Å². The number of aliphatic hydroxyl groups excluding tert-OH is 1. The van der Waals surface area contributed by atoms with Gasteiger partial charge in [-0.2, -0.15) is 0 Å². The minimum Gasteiger partial charge on any atom is -0.400 e. The summed E-state index contributed by atoms with van der Waals surface area (Å²) in [5.74, 6) is 2.54. The van der Waals surface area contributed by atoms with Crippen LogP contribution in [0, 0.1) is 11.8 Å². The standard InChI is InChI=1S/C25H42N2O.C2H6.CH4O/c1-4-15-26(3)17-14-21-10-12-22(13-11-21)24-9-6-8-23-19-27(20-25(23)24)16-7-18-28-5-2;2*1-2/h10-13,23-25H,4-9,14-20H2,1-3H3;1-2H3;2H,1H3. The van der Waals surface area contributed by atoms with E-state index in [9.17, 15) is 0 Å². The molecule has 0 radical (unpaired) electrons. The first-order valence-electron chi connectivity index (χ1n) is 13.2. The lowest BCUT2D eigenvalue weighted by Gasteiger charge is -2.33. The molecule has 1 N–H and O–H groups in total. The molecule has 32 heavy (non-hydrogen) atoms. The van der Waals surface area contributed by atoms with Crippen molar-refractivity contribution >= 4 is 0 Å². The van der Waals surface area contributed by atoms with Gasteiger partial charge in [0.2, 0.25) is 0 Å². The van der Waals surface area contributed by atoms with Crippen molar-refractivity contribution in [1.29, 1.82) is 0 Å². The van der Waals surface area contributed by atoms with Crippen molar-refractivity contribution in [2.45, 2.75) is 72.1 Å². The van der Waals surface area contributed by atoms with E-state index in [0.29, 0.717) is 0 Å². The third-order valence-electron chi connectivity index (χ3n) is 6.94. The van der Waals surface area contributed by atoms with Crippen LogP contribution < -0.4 is 0 Å². The smallest absolute Gasteiger partial charge is 0.0478 e. The summed E-state index contributed by atoms with van der Waals surface area (Å²) in [7, 11) is 3.24. The lowest BCUT2D eigenvalue weighted by molar-refractivity contribution is 0.134. The summed E-state index contributed by atoms with van der Waals surface area (Å²) >= 11 is 0. The topological polar surface area (TPSA) is 35.9 Å². The molecule has 1 saturated heterocycles. The third kappa shape index (κ3) is 9.51. The molecule has 3 rings (SSSR count). The van der Waals surface area contributed by atoms with Crippen LogP contribution in [0.1, 0.15) is 76.8 Å². The van der Waals surface area contributed by atoms with Gasteiger partial charge in [0.15, 0.2) is 0 Å². The van der Waals surface area contributed by atoms with Crippen LogP contribution >= 0.6 is 0 Å². The zero-order chi connectivity index (χ0) is 23.8. The van der Waals surface area contributed by atoms with Gasteiger partial charge in [-0.15, -0.1) is 0 Å². The van der Waals surface area contributed by atoms with Crippen molar-refractivity contribution in [3.8, 4) is 0 Å². The Bertz CT molecular complexity index is 563. The molecule has 2 fully saturated rings. The van der Waals surface area contributed by atoms with Crippen molar-refractivity contribution in [1.82, 2.24) is 9.80 Å². The third-order valence-corrected chi connectivity index (χ3v) is 6.94. The first kappa shape index (κ1) is 29.1. The van der Waals surface area contributed by atoms with Crippen LogP contribution in [0.4, 0.5) is 0 Å². The quantitative estimate of drug-likeness (QED) is 0.457. The van der Waals surface area contributed by atoms with Gasteiger partial charge < -0.3 is 19.6 Å². The Hall–Kier alpha value is -0.940. The van der Waals surface area contributed by atoms with E-state index < -0.39 is 0 Å². The minimum absolute atomic E-state index is 0.771. The second-order valence-electron chi connectivity index (χ2n) is 9.07. The lowest BCUT2D eigenvalue weighted by Crippen LogP contribution is -2.26. The zero-order valence-electron chi connectivity index (χ0n) is 22.0. The van der Waals surface area contributed by atoms with Crippen molar-refractivity contribution in [3.05, 3.63) is 35.4 Å². The molecule has 3 unspecified atom stereocenters. The first-order chi connectivity index (χ1) is 15.7. The molecule has 1 saturated carbocycles. The van der Waals surface area contributed by atoms with Gasteiger partial charge in [0.25, 0.3) is 0 Å². The second kappa shape index (κ2) is 17.5. The number of ether oxygens (including phenoxy) is 1. The van der Waals surface area contributed by atoms with E-state index in [4.69, 9.17) is 9.84 Å². The molecule has 0 amide bonds. The number of nitrogens with zero attached hydrogens (tertiary/aromatic N) is 2. The summed E-state index contributed by atoms with van der Waals surface area (Å²) < 4.78 is 5.53. The number of likely N-dealkylation sites (tertiary alicyclic amines) is 1. The van der Waals surface area contributed by atoms with E-state index in [1.807, 2.05) is 13.8 Å². The predicted molar refractivity (Wildman–Crippen MR) is 139 cm³/mol. The summed E-state index contributed by atoms with van der Waals surface area (Å²) in [4.78, 5) is 5.16. The number of likely N-dealkylation sites (N-methyl/N-ethyl adjacent to an activating group) is 1. The molecule has 4 nitrogen and oxygen atoms in total. The van der Waals surface area contributed by atoms with Crippen molar-refractivity contribution in [2.24, 2.45) is 11.8 Å². The Labute approximate surface area is 199 Å². The fourth-order valence-electron chi connectivity index (χ4n) is 5.44. The summed E-state index contributed by atoms with van der Waals surface area (Å²) in [6, 6.07) is 9.68. The number of fused-ring (bicyclic) bond motifs is 1. The van der Waals surface area contributed by atoms with E-state index in [0.717, 1.165) is 44.6 Å². The molecule has 0 bridgehead atoms. The Balaban J connectivity index is 0.00000121. The van der Waals surface area contributed by atoms with Crippen LogP contribution in [0.15, 0.2) is 24.3 Å². The number of rotatable bonds is 11. The molecule has 0 spiro atoms. The van der Waals surface area contributed by atoms with E-state index in [1.165, 1.54) is 70.3 Å². The van der Waals surface area contributed by atoms with Gasteiger partial charge in [-0.3, -0.25) is 0 Å². The van der Waals surface area contributed by atoms with E-state index in [-0.39, 0.29) is 0 Å². The number of hydrogen-bond acceptors (Lipinski definition) is 4. The highest BCUT2D eigenvalue weighted by Crippen LogP contribution is 2.45. The van der Waals surface area contributed by atoms with Gasteiger partial charge in [-0.25, -0.2) is 0 Å². The Morgan fingerprint density at radius 2 is 1.75 bits per heavy atom. The number of aliphatic hydroxyl groups is 1. The van der Waals surface area contributed by atoms with Crippen LogP contribution in [0.2, 0.25) is 0 Å². The number of hydrogen-bond donors (Lipinski definition) is 1. The number of benzene rings is 1. The molecule has 2 aliphatic rings. The SMILES string of the molecule is CC.CCCN(C)CCc1ccc(C2CCCC3CN(CCCOCC)CC32)cc1.CO. The molecule has 1 aromatic rings. The Kier molecular flexibility index (Phi) is 15.9. The summed E-state index contributed by atoms with van der Waals surface area (Å²) in [5.41, 5.74) is 3.08. The lowest BCUT2D eigenvalue weighted by atomic mass is 9.71. The van der Waals surface area contributed by atoms with Gasteiger partial charge >= 0.3 is 0 Å². The van der Waals surface area contributed by atoms with Crippen molar-refractivity contribution in [2.75, 3.05) is 60.1 Å². The van der Waals surface area contributed by atoms with Crippen LogP contribution in [0.5, 0.6) is 0 Å². The fraction of sp³-hybridized carbons (Fsp3) is 0.786. The van der Waals surface area contributed by atoms with Crippen LogP contribution in [0.3, 0.4) is 0 Å². The molecule has 1 aliphatic heterocycles. The van der Waals surface area contributed by atoms with Gasteiger partial charge in [-0.1, -0.05) is 51.5 Å². The van der Waals surface area contributed by atoms with Gasteiger partial charge in [0, 0.05) is 46.5 Å². The van der Waals surface area contributed by atoms with Crippen molar-refractivity contribution < 1.29 is 9.84 Å². The Morgan fingerprint density at radius 3 is 2.41 bits per heavy atom. The molecular weight excluding hydrogens is 396 g/mol. The average Bonchev–Trinajstić information content (AvgIpc) is 3.27. The zero-order valence-corrected chi connectivity index (χ0v) is 22.0. The molecule has 1 aliphatic carbocycles. The molecule has 1 aromatic carbocycles. The maximum absolute atomic E-state index is 7.00. The maximum atomic E-state index is 7.00. The monoisotopic (exact) mass is 448 g/mol. The van der Waals surface area contributed by atoms with Gasteiger partial charge in [0.1, 0.15) is 0 Å². The Morgan fingerprint density at radius 1 is 1.03 bits per heavy atom. The minimum atomic E-state index is 0.771. The summed E-state index contributed by atoms with van der Waals surface area (Å²) in [6.45, 7) is 16.3. The van der Waals surface area contributed by atoms with Crippen LogP contribution in [-0.4, -0.2) is 75.0 Å². The highest BCUT2D eigenvalue weighted by molar-refractivity contribution is 5.27.